The topological polar surface area (TPSA) is 28.2 Å². The summed E-state index contributed by atoms with van der Waals surface area (Å²) >= 11 is 0. The monoisotopic (exact) mass is 295 g/mol. The van der Waals surface area contributed by atoms with E-state index in [4.69, 9.17) is 0 Å². The minimum Gasteiger partial charge on any atom is -0.379 e. The van der Waals surface area contributed by atoms with Gasteiger partial charge in [0.2, 0.25) is 0 Å². The number of hydrogen-bond acceptors (Lipinski definition) is 3. The van der Waals surface area contributed by atoms with E-state index in [0.29, 0.717) is 17.6 Å². The molecule has 0 aliphatic rings. The van der Waals surface area contributed by atoms with Crippen LogP contribution in [0.1, 0.15) is 5.56 Å². The number of fused-ring (bicyclic) bond motifs is 1. The summed E-state index contributed by atoms with van der Waals surface area (Å²) in [6.45, 7) is 0.632. The molecule has 1 heterocycles. The third-order valence-corrected chi connectivity index (χ3v) is 3.59. The molecule has 22 heavy (non-hydrogen) atoms. The van der Waals surface area contributed by atoms with Crippen LogP contribution in [0.5, 0.6) is 0 Å². The molecule has 0 fully saturated rings. The maximum Gasteiger partial charge on any atom is 0.136 e. The Hall–Kier alpha value is -2.62. The van der Waals surface area contributed by atoms with Crippen LogP contribution >= 0.6 is 0 Å². The molecule has 2 aromatic carbocycles. The van der Waals surface area contributed by atoms with E-state index >= 15 is 0 Å². The first-order chi connectivity index (χ1) is 10.7. The first-order valence-corrected chi connectivity index (χ1v) is 7.19. The molecule has 0 aliphatic carbocycles. The van der Waals surface area contributed by atoms with E-state index in [1.165, 1.54) is 6.07 Å². The van der Waals surface area contributed by atoms with E-state index in [9.17, 15) is 4.39 Å². The smallest absolute Gasteiger partial charge is 0.136 e. The predicted molar refractivity (Wildman–Crippen MR) is 89.8 cm³/mol. The average molecular weight is 295 g/mol. The van der Waals surface area contributed by atoms with E-state index in [1.807, 2.05) is 55.4 Å². The molecule has 112 valence electrons. The van der Waals surface area contributed by atoms with Gasteiger partial charge in [-0.1, -0.05) is 42.5 Å². The number of nitrogens with one attached hydrogen (secondary N) is 1. The first-order valence-electron chi connectivity index (χ1n) is 7.19. The SMILES string of the molecule is CN(C)c1ncc(NCc2ccccc2)c2c(F)cccc12. The standard InChI is InChI=1S/C18H18FN3/c1-22(2)18-14-9-6-10-15(19)17(14)16(12-21-18)20-11-13-7-4-3-5-8-13/h3-10,12,20H,11H2,1-2H3. The van der Waals surface area contributed by atoms with Crippen molar-refractivity contribution in [3.8, 4) is 0 Å². The van der Waals surface area contributed by atoms with Crippen LogP contribution in [0.25, 0.3) is 10.8 Å². The molecule has 0 radical (unpaired) electrons. The van der Waals surface area contributed by atoms with Crippen molar-refractivity contribution in [1.29, 1.82) is 0 Å². The quantitative estimate of drug-likeness (QED) is 0.787. The fourth-order valence-corrected chi connectivity index (χ4v) is 2.53. The highest BCUT2D eigenvalue weighted by atomic mass is 19.1. The van der Waals surface area contributed by atoms with Crippen molar-refractivity contribution in [3.05, 3.63) is 66.1 Å². The van der Waals surface area contributed by atoms with Gasteiger partial charge in [-0.25, -0.2) is 9.37 Å². The van der Waals surface area contributed by atoms with Crippen LogP contribution in [-0.2, 0) is 6.54 Å². The van der Waals surface area contributed by atoms with Crippen LogP contribution in [0.2, 0.25) is 0 Å². The number of hydrogen-bond donors (Lipinski definition) is 1. The molecule has 0 spiro atoms. The van der Waals surface area contributed by atoms with Gasteiger partial charge in [0.25, 0.3) is 0 Å². The fourth-order valence-electron chi connectivity index (χ4n) is 2.53. The van der Waals surface area contributed by atoms with Crippen LogP contribution in [0.15, 0.2) is 54.7 Å². The lowest BCUT2D eigenvalue weighted by atomic mass is 10.1. The molecule has 0 saturated heterocycles. The van der Waals surface area contributed by atoms with Crippen molar-refractivity contribution in [2.75, 3.05) is 24.3 Å². The van der Waals surface area contributed by atoms with Gasteiger partial charge in [-0.15, -0.1) is 0 Å². The van der Waals surface area contributed by atoms with E-state index < -0.39 is 0 Å². The highest BCUT2D eigenvalue weighted by molar-refractivity contribution is 6.00. The van der Waals surface area contributed by atoms with Gasteiger partial charge in [0.15, 0.2) is 0 Å². The predicted octanol–water partition coefficient (Wildman–Crippen LogP) is 4.05. The lowest BCUT2D eigenvalue weighted by Crippen LogP contribution is -2.12. The van der Waals surface area contributed by atoms with Gasteiger partial charge in [-0.3, -0.25) is 0 Å². The van der Waals surface area contributed by atoms with E-state index in [0.717, 1.165) is 16.8 Å². The molecule has 4 heteroatoms. The second-order valence-corrected chi connectivity index (χ2v) is 5.39. The molecular weight excluding hydrogens is 277 g/mol. The summed E-state index contributed by atoms with van der Waals surface area (Å²) in [5, 5.41) is 4.68. The molecule has 1 aromatic heterocycles. The fraction of sp³-hybridized carbons (Fsp3) is 0.167. The summed E-state index contributed by atoms with van der Waals surface area (Å²) in [4.78, 5) is 6.35. The molecule has 0 amide bonds. The third kappa shape index (κ3) is 2.72. The molecule has 0 unspecified atom stereocenters. The zero-order valence-electron chi connectivity index (χ0n) is 12.7. The van der Waals surface area contributed by atoms with Gasteiger partial charge < -0.3 is 10.2 Å². The molecule has 3 aromatic rings. The highest BCUT2D eigenvalue weighted by Gasteiger charge is 2.12. The number of halogens is 1. The lowest BCUT2D eigenvalue weighted by Gasteiger charge is -2.17. The molecule has 0 aliphatic heterocycles. The van der Waals surface area contributed by atoms with Gasteiger partial charge in [0.1, 0.15) is 11.6 Å². The normalized spacial score (nSPS) is 10.7. The van der Waals surface area contributed by atoms with E-state index in [2.05, 4.69) is 10.3 Å². The Labute approximate surface area is 129 Å². The molecule has 3 rings (SSSR count). The van der Waals surface area contributed by atoms with Crippen molar-refractivity contribution >= 4 is 22.3 Å². The van der Waals surface area contributed by atoms with E-state index in [1.54, 1.807) is 12.3 Å². The number of rotatable bonds is 4. The van der Waals surface area contributed by atoms with E-state index in [-0.39, 0.29) is 5.82 Å². The summed E-state index contributed by atoms with van der Waals surface area (Å²) in [5.41, 5.74) is 1.85. The van der Waals surface area contributed by atoms with Gasteiger partial charge in [0.05, 0.1) is 11.9 Å². The van der Waals surface area contributed by atoms with Gasteiger partial charge in [-0.2, -0.15) is 0 Å². The second kappa shape index (κ2) is 6.02. The Balaban J connectivity index is 2.01. The largest absolute Gasteiger partial charge is 0.379 e. The molecule has 1 N–H and O–H groups in total. The van der Waals surface area contributed by atoms with Crippen LogP contribution < -0.4 is 10.2 Å². The van der Waals surface area contributed by atoms with Crippen LogP contribution in [-0.4, -0.2) is 19.1 Å². The molecule has 0 saturated carbocycles. The first kappa shape index (κ1) is 14.3. The summed E-state index contributed by atoms with van der Waals surface area (Å²) in [6, 6.07) is 15.1. The minimum absolute atomic E-state index is 0.237. The van der Waals surface area contributed by atoms with Gasteiger partial charge >= 0.3 is 0 Å². The number of benzene rings is 2. The second-order valence-electron chi connectivity index (χ2n) is 5.39. The van der Waals surface area contributed by atoms with Crippen LogP contribution in [0.4, 0.5) is 15.9 Å². The van der Waals surface area contributed by atoms with Crippen LogP contribution in [0.3, 0.4) is 0 Å². The zero-order valence-corrected chi connectivity index (χ0v) is 12.7. The molecule has 3 nitrogen and oxygen atoms in total. The maximum atomic E-state index is 14.3. The number of nitrogens with zero attached hydrogens (tertiary/aromatic N) is 2. The number of anilines is 2. The summed E-state index contributed by atoms with van der Waals surface area (Å²) in [6.07, 6.45) is 1.70. The molecular formula is C18H18FN3. The van der Waals surface area contributed by atoms with Crippen molar-refractivity contribution in [3.63, 3.8) is 0 Å². The highest BCUT2D eigenvalue weighted by Crippen LogP contribution is 2.31. The summed E-state index contributed by atoms with van der Waals surface area (Å²) in [5.74, 6) is 0.526. The number of aromatic nitrogens is 1. The molecule has 0 atom stereocenters. The Morgan fingerprint density at radius 2 is 1.82 bits per heavy atom. The average Bonchev–Trinajstić information content (AvgIpc) is 2.53. The Kier molecular flexibility index (Phi) is 3.92. The number of pyridine rings is 1. The van der Waals surface area contributed by atoms with Crippen molar-refractivity contribution < 1.29 is 4.39 Å². The summed E-state index contributed by atoms with van der Waals surface area (Å²) < 4.78 is 14.3. The van der Waals surface area contributed by atoms with Crippen LogP contribution in [0, 0.1) is 5.82 Å². The van der Waals surface area contributed by atoms with Gasteiger partial charge in [0, 0.05) is 31.4 Å². The molecule has 0 bridgehead atoms. The third-order valence-electron chi connectivity index (χ3n) is 3.59. The lowest BCUT2D eigenvalue weighted by molar-refractivity contribution is 0.640. The summed E-state index contributed by atoms with van der Waals surface area (Å²) in [7, 11) is 3.81. The Morgan fingerprint density at radius 3 is 2.55 bits per heavy atom. The Bertz CT molecular complexity index is 785. The minimum atomic E-state index is -0.237. The maximum absolute atomic E-state index is 14.3. The van der Waals surface area contributed by atoms with Crippen molar-refractivity contribution in [2.45, 2.75) is 6.54 Å². The van der Waals surface area contributed by atoms with Gasteiger partial charge in [-0.05, 0) is 11.6 Å². The zero-order chi connectivity index (χ0) is 15.5. The Morgan fingerprint density at radius 1 is 1.05 bits per heavy atom. The van der Waals surface area contributed by atoms with Crippen molar-refractivity contribution in [2.24, 2.45) is 0 Å². The van der Waals surface area contributed by atoms with Crippen molar-refractivity contribution in [1.82, 2.24) is 4.98 Å².